The number of rotatable bonds is 2. The second kappa shape index (κ2) is 5.42. The molecule has 0 spiro atoms. The van der Waals surface area contributed by atoms with Gasteiger partial charge >= 0.3 is 0 Å². The summed E-state index contributed by atoms with van der Waals surface area (Å²) >= 11 is 0. The average Bonchev–Trinajstić information content (AvgIpc) is 2.84. The third-order valence-corrected chi connectivity index (χ3v) is 6.14. The number of nitrogens with one attached hydrogen (secondary N) is 1. The summed E-state index contributed by atoms with van der Waals surface area (Å²) in [5.74, 6) is -0.462. The van der Waals surface area contributed by atoms with Gasteiger partial charge in [-0.25, -0.2) is 8.42 Å². The lowest BCUT2D eigenvalue weighted by Crippen LogP contribution is -2.43. The molecule has 3 unspecified atom stereocenters. The Labute approximate surface area is 124 Å². The van der Waals surface area contributed by atoms with E-state index in [9.17, 15) is 13.2 Å². The Balaban J connectivity index is 1.85. The van der Waals surface area contributed by atoms with E-state index in [4.69, 9.17) is 4.74 Å². The molecule has 0 saturated carbocycles. The van der Waals surface area contributed by atoms with Crippen LogP contribution in [0, 0.1) is 0 Å². The maximum Gasteiger partial charge on any atom is 0.227 e. The fourth-order valence-electron chi connectivity index (χ4n) is 3.07. The molecule has 21 heavy (non-hydrogen) atoms. The molecule has 2 aliphatic heterocycles. The molecule has 0 aromatic heterocycles. The molecule has 0 aliphatic carbocycles. The highest BCUT2D eigenvalue weighted by Crippen LogP contribution is 2.34. The Morgan fingerprint density at radius 1 is 1.29 bits per heavy atom. The first-order valence-electron chi connectivity index (χ1n) is 7.23. The Kier molecular flexibility index (Phi) is 3.75. The van der Waals surface area contributed by atoms with Crippen LogP contribution in [0.2, 0.25) is 0 Å². The molecule has 2 aliphatic rings. The fraction of sp³-hybridized carbons (Fsp3) is 0.533. The van der Waals surface area contributed by atoms with Crippen molar-refractivity contribution < 1.29 is 17.9 Å². The minimum Gasteiger partial charge on any atom is -0.376 e. The zero-order valence-corrected chi connectivity index (χ0v) is 12.7. The molecular weight excluding hydrogens is 290 g/mol. The molecular formula is C15H19NO4S. The molecule has 0 bridgehead atoms. The number of amides is 1. The summed E-state index contributed by atoms with van der Waals surface area (Å²) in [6.45, 7) is 2.60. The molecule has 3 atom stereocenters. The molecule has 1 amide bonds. The zero-order valence-electron chi connectivity index (χ0n) is 11.9. The molecule has 1 saturated heterocycles. The molecule has 1 N–H and O–H groups in total. The van der Waals surface area contributed by atoms with E-state index in [0.717, 1.165) is 6.42 Å². The topological polar surface area (TPSA) is 72.5 Å². The van der Waals surface area contributed by atoms with Crippen LogP contribution in [-0.4, -0.2) is 38.8 Å². The number of fused-ring (bicyclic) bond motifs is 1. The van der Waals surface area contributed by atoms with E-state index in [1.54, 1.807) is 24.3 Å². The second-order valence-electron chi connectivity index (χ2n) is 5.68. The summed E-state index contributed by atoms with van der Waals surface area (Å²) in [6, 6.07) is 6.82. The van der Waals surface area contributed by atoms with E-state index in [2.05, 4.69) is 5.32 Å². The highest BCUT2D eigenvalue weighted by molar-refractivity contribution is 7.91. The lowest BCUT2D eigenvalue weighted by atomic mass is 9.94. The first kappa shape index (κ1) is 14.5. The van der Waals surface area contributed by atoms with Crippen LogP contribution in [0.15, 0.2) is 29.2 Å². The van der Waals surface area contributed by atoms with Gasteiger partial charge in [-0.15, -0.1) is 0 Å². The van der Waals surface area contributed by atoms with Crippen LogP contribution in [0.4, 0.5) is 0 Å². The van der Waals surface area contributed by atoms with Gasteiger partial charge in [-0.3, -0.25) is 4.79 Å². The molecule has 2 heterocycles. The largest absolute Gasteiger partial charge is 0.376 e. The van der Waals surface area contributed by atoms with E-state index in [1.807, 2.05) is 6.92 Å². The Hall–Kier alpha value is -1.40. The Morgan fingerprint density at radius 3 is 2.76 bits per heavy atom. The van der Waals surface area contributed by atoms with E-state index >= 15 is 0 Å². The maximum absolute atomic E-state index is 12.5. The molecule has 3 rings (SSSR count). The SMILES string of the molecule is CC1OCCC1NC(=O)C1CCS(=O)(=O)c2ccccc21. The van der Waals surface area contributed by atoms with Gasteiger partial charge in [0.15, 0.2) is 9.84 Å². The number of benzene rings is 1. The van der Waals surface area contributed by atoms with Crippen molar-refractivity contribution >= 4 is 15.7 Å². The summed E-state index contributed by atoms with van der Waals surface area (Å²) in [4.78, 5) is 12.8. The third-order valence-electron chi connectivity index (χ3n) is 4.33. The molecule has 0 radical (unpaired) electrons. The normalized spacial score (nSPS) is 30.6. The van der Waals surface area contributed by atoms with Crippen molar-refractivity contribution in [2.24, 2.45) is 0 Å². The van der Waals surface area contributed by atoms with E-state index in [-0.39, 0.29) is 23.8 Å². The lowest BCUT2D eigenvalue weighted by molar-refractivity contribution is -0.123. The van der Waals surface area contributed by atoms with Gasteiger partial charge in [-0.1, -0.05) is 18.2 Å². The fourth-order valence-corrected chi connectivity index (χ4v) is 4.69. The molecule has 1 fully saturated rings. The van der Waals surface area contributed by atoms with Crippen molar-refractivity contribution in [2.75, 3.05) is 12.4 Å². The van der Waals surface area contributed by atoms with Crippen LogP contribution >= 0.6 is 0 Å². The molecule has 6 heteroatoms. The van der Waals surface area contributed by atoms with Crippen molar-refractivity contribution in [1.82, 2.24) is 5.32 Å². The van der Waals surface area contributed by atoms with Gasteiger partial charge in [-0.05, 0) is 31.4 Å². The van der Waals surface area contributed by atoms with Gasteiger partial charge in [0.05, 0.1) is 28.7 Å². The van der Waals surface area contributed by atoms with Gasteiger partial charge in [0.1, 0.15) is 0 Å². The second-order valence-corrected chi connectivity index (χ2v) is 7.76. The van der Waals surface area contributed by atoms with Crippen molar-refractivity contribution in [1.29, 1.82) is 0 Å². The van der Waals surface area contributed by atoms with Gasteiger partial charge < -0.3 is 10.1 Å². The predicted molar refractivity (Wildman–Crippen MR) is 77.8 cm³/mol. The van der Waals surface area contributed by atoms with Crippen molar-refractivity contribution in [3.05, 3.63) is 29.8 Å². The highest BCUT2D eigenvalue weighted by Gasteiger charge is 2.35. The number of carbonyl (C=O) groups is 1. The minimum atomic E-state index is -3.25. The summed E-state index contributed by atoms with van der Waals surface area (Å²) in [6.07, 6.45) is 1.16. The van der Waals surface area contributed by atoms with Crippen LogP contribution < -0.4 is 5.32 Å². The quantitative estimate of drug-likeness (QED) is 0.892. The Bertz CT molecular complexity index is 655. The van der Waals surface area contributed by atoms with E-state index < -0.39 is 15.8 Å². The van der Waals surface area contributed by atoms with Gasteiger partial charge in [-0.2, -0.15) is 0 Å². The van der Waals surface area contributed by atoms with Crippen LogP contribution in [0.3, 0.4) is 0 Å². The number of carbonyl (C=O) groups excluding carboxylic acids is 1. The van der Waals surface area contributed by atoms with E-state index in [1.165, 1.54) is 0 Å². The maximum atomic E-state index is 12.5. The summed E-state index contributed by atoms with van der Waals surface area (Å²) in [5, 5.41) is 3.01. The molecule has 1 aromatic rings. The smallest absolute Gasteiger partial charge is 0.227 e. The van der Waals surface area contributed by atoms with Crippen molar-refractivity contribution in [3.63, 3.8) is 0 Å². The predicted octanol–water partition coefficient (Wildman–Crippen LogP) is 1.24. The summed E-state index contributed by atoms with van der Waals surface area (Å²) in [5.41, 5.74) is 0.618. The van der Waals surface area contributed by atoms with Gasteiger partial charge in [0, 0.05) is 6.61 Å². The van der Waals surface area contributed by atoms with Crippen molar-refractivity contribution in [3.8, 4) is 0 Å². The standard InChI is InChI=1S/C15H19NO4S/c1-10-13(6-8-20-10)16-15(17)12-7-9-21(18,19)14-5-3-2-4-11(12)14/h2-5,10,12-13H,6-9H2,1H3,(H,16,17). The van der Waals surface area contributed by atoms with Crippen molar-refractivity contribution in [2.45, 2.75) is 42.7 Å². The number of ether oxygens (including phenoxy) is 1. The molecule has 1 aromatic carbocycles. The van der Waals surface area contributed by atoms with Gasteiger partial charge in [0.25, 0.3) is 0 Å². The van der Waals surface area contributed by atoms with E-state index in [0.29, 0.717) is 23.5 Å². The highest BCUT2D eigenvalue weighted by atomic mass is 32.2. The number of hydrogen-bond acceptors (Lipinski definition) is 4. The first-order chi connectivity index (χ1) is 9.99. The zero-order chi connectivity index (χ0) is 15.0. The average molecular weight is 309 g/mol. The third kappa shape index (κ3) is 2.70. The monoisotopic (exact) mass is 309 g/mol. The van der Waals surface area contributed by atoms with Crippen LogP contribution in [-0.2, 0) is 19.4 Å². The summed E-state index contributed by atoms with van der Waals surface area (Å²) < 4.78 is 29.6. The minimum absolute atomic E-state index is 0.0107. The molecule has 5 nitrogen and oxygen atoms in total. The molecule has 114 valence electrons. The Morgan fingerprint density at radius 2 is 2.05 bits per heavy atom. The van der Waals surface area contributed by atoms with Gasteiger partial charge in [0.2, 0.25) is 5.91 Å². The van der Waals surface area contributed by atoms with Crippen LogP contribution in [0.1, 0.15) is 31.2 Å². The lowest BCUT2D eigenvalue weighted by Gasteiger charge is -2.26. The number of hydrogen-bond donors (Lipinski definition) is 1. The first-order valence-corrected chi connectivity index (χ1v) is 8.88. The summed E-state index contributed by atoms with van der Waals surface area (Å²) in [7, 11) is -3.25. The van der Waals surface area contributed by atoms with Crippen LogP contribution in [0.5, 0.6) is 0 Å². The number of sulfone groups is 1. The van der Waals surface area contributed by atoms with Crippen LogP contribution in [0.25, 0.3) is 0 Å².